The van der Waals surface area contributed by atoms with Crippen LogP contribution in [0.1, 0.15) is 4.88 Å². The molecule has 0 atom stereocenters. The van der Waals surface area contributed by atoms with E-state index in [0.29, 0.717) is 10.9 Å². The summed E-state index contributed by atoms with van der Waals surface area (Å²) in [6.07, 6.45) is 2.62. The highest BCUT2D eigenvalue weighted by atomic mass is 35.5. The molecule has 0 saturated carbocycles. The van der Waals surface area contributed by atoms with Crippen molar-refractivity contribution in [3.05, 3.63) is 33.9 Å². The van der Waals surface area contributed by atoms with Gasteiger partial charge in [0, 0.05) is 18.5 Å². The molecule has 17 heavy (non-hydrogen) atoms. The van der Waals surface area contributed by atoms with Crippen molar-refractivity contribution >= 4 is 33.0 Å². The van der Waals surface area contributed by atoms with Crippen LogP contribution in [-0.4, -0.2) is 29.7 Å². The van der Waals surface area contributed by atoms with E-state index in [1.165, 1.54) is 35.2 Å². The smallest absolute Gasteiger partial charge is 0.260 e. The van der Waals surface area contributed by atoms with E-state index in [2.05, 4.69) is 9.97 Å². The number of hydrogen-bond acceptors (Lipinski definition) is 4. The van der Waals surface area contributed by atoms with Gasteiger partial charge in [-0.2, -0.15) is 4.31 Å². The molecule has 2 aromatic heterocycles. The third kappa shape index (κ3) is 2.68. The monoisotopic (exact) mass is 291 g/mol. The second-order valence-electron chi connectivity index (χ2n) is 3.38. The van der Waals surface area contributed by atoms with Gasteiger partial charge in [-0.15, -0.1) is 11.3 Å². The number of aromatic nitrogens is 2. The van der Waals surface area contributed by atoms with Crippen molar-refractivity contribution < 1.29 is 8.42 Å². The van der Waals surface area contributed by atoms with Crippen LogP contribution in [-0.2, 0) is 16.6 Å². The largest absolute Gasteiger partial charge is 0.335 e. The van der Waals surface area contributed by atoms with Gasteiger partial charge in [-0.1, -0.05) is 11.6 Å². The van der Waals surface area contributed by atoms with Gasteiger partial charge in [-0.3, -0.25) is 0 Å². The van der Waals surface area contributed by atoms with Crippen molar-refractivity contribution in [2.75, 3.05) is 7.05 Å². The molecule has 0 aliphatic rings. The van der Waals surface area contributed by atoms with Gasteiger partial charge in [0.2, 0.25) is 0 Å². The maximum absolute atomic E-state index is 12.0. The van der Waals surface area contributed by atoms with Crippen molar-refractivity contribution in [2.45, 2.75) is 11.6 Å². The zero-order valence-corrected chi connectivity index (χ0v) is 11.3. The van der Waals surface area contributed by atoms with Crippen LogP contribution < -0.4 is 0 Å². The van der Waals surface area contributed by atoms with Crippen LogP contribution >= 0.6 is 22.9 Å². The molecule has 0 unspecified atom stereocenters. The van der Waals surface area contributed by atoms with Gasteiger partial charge in [0.15, 0.2) is 5.03 Å². The number of sulfonamides is 1. The number of rotatable bonds is 4. The normalized spacial score (nSPS) is 12.2. The Labute approximate surface area is 108 Å². The Hall–Kier alpha value is -0.890. The highest BCUT2D eigenvalue weighted by molar-refractivity contribution is 7.89. The summed E-state index contributed by atoms with van der Waals surface area (Å²) in [6, 6.07) is 3.56. The van der Waals surface area contributed by atoms with Crippen molar-refractivity contribution in [3.8, 4) is 0 Å². The van der Waals surface area contributed by atoms with Crippen LogP contribution in [0.25, 0.3) is 0 Å². The van der Waals surface area contributed by atoms with Crippen molar-refractivity contribution in [2.24, 2.45) is 0 Å². The van der Waals surface area contributed by atoms with Gasteiger partial charge in [0.1, 0.15) is 0 Å². The number of imidazole rings is 1. The van der Waals surface area contributed by atoms with Gasteiger partial charge in [-0.05, 0) is 12.1 Å². The maximum Gasteiger partial charge on any atom is 0.260 e. The number of halogens is 1. The molecule has 0 aromatic carbocycles. The molecule has 8 heteroatoms. The molecular formula is C9H10ClN3O2S2. The molecular weight excluding hydrogens is 282 g/mol. The summed E-state index contributed by atoms with van der Waals surface area (Å²) >= 11 is 7.15. The summed E-state index contributed by atoms with van der Waals surface area (Å²) in [5.74, 6) is 0. The van der Waals surface area contributed by atoms with E-state index < -0.39 is 10.0 Å². The number of nitrogens with one attached hydrogen (secondary N) is 1. The van der Waals surface area contributed by atoms with Gasteiger partial charge in [0.05, 0.1) is 16.9 Å². The predicted octanol–water partition coefficient (Wildman–Crippen LogP) is 1.95. The quantitative estimate of drug-likeness (QED) is 0.936. The number of H-pyrrole nitrogens is 1. The highest BCUT2D eigenvalue weighted by Crippen LogP contribution is 2.24. The Kier molecular flexibility index (Phi) is 3.53. The lowest BCUT2D eigenvalue weighted by Gasteiger charge is -2.14. The van der Waals surface area contributed by atoms with Crippen molar-refractivity contribution in [1.82, 2.24) is 14.3 Å². The summed E-state index contributed by atoms with van der Waals surface area (Å²) < 4.78 is 26.0. The molecule has 5 nitrogen and oxygen atoms in total. The first kappa shape index (κ1) is 12.6. The van der Waals surface area contributed by atoms with Crippen LogP contribution in [0.5, 0.6) is 0 Å². The van der Waals surface area contributed by atoms with Crippen LogP contribution in [0.2, 0.25) is 4.34 Å². The summed E-state index contributed by atoms with van der Waals surface area (Å²) in [4.78, 5) is 7.18. The van der Waals surface area contributed by atoms with E-state index in [4.69, 9.17) is 11.6 Å². The molecule has 0 amide bonds. The van der Waals surface area contributed by atoms with Crippen molar-refractivity contribution in [3.63, 3.8) is 0 Å². The summed E-state index contributed by atoms with van der Waals surface area (Å²) in [5.41, 5.74) is 0. The first-order valence-electron chi connectivity index (χ1n) is 4.69. The molecule has 0 spiro atoms. The highest BCUT2D eigenvalue weighted by Gasteiger charge is 2.22. The molecule has 0 aliphatic carbocycles. The number of hydrogen-bond donors (Lipinski definition) is 1. The predicted molar refractivity (Wildman–Crippen MR) is 66.6 cm³/mol. The standard InChI is InChI=1S/C9H10ClN3O2S2/c1-13(5-7-2-3-8(10)16-7)17(14,15)9-4-11-6-12-9/h2-4,6H,5H2,1H3,(H,11,12). The zero-order valence-electron chi connectivity index (χ0n) is 8.92. The van der Waals surface area contributed by atoms with E-state index in [9.17, 15) is 8.42 Å². The Morgan fingerprint density at radius 2 is 2.29 bits per heavy atom. The molecule has 2 rings (SSSR count). The molecule has 1 N–H and O–H groups in total. The van der Waals surface area contributed by atoms with Crippen LogP contribution in [0.15, 0.2) is 29.7 Å². The average molecular weight is 292 g/mol. The Bertz CT molecular complexity index is 592. The molecule has 0 radical (unpaired) electrons. The fourth-order valence-electron chi connectivity index (χ4n) is 1.29. The lowest BCUT2D eigenvalue weighted by atomic mass is 10.5. The maximum atomic E-state index is 12.0. The Morgan fingerprint density at radius 1 is 1.53 bits per heavy atom. The molecule has 92 valence electrons. The molecule has 2 aromatic rings. The number of aromatic amines is 1. The minimum atomic E-state index is -3.51. The van der Waals surface area contributed by atoms with E-state index >= 15 is 0 Å². The zero-order chi connectivity index (χ0) is 12.5. The van der Waals surface area contributed by atoms with Crippen molar-refractivity contribution in [1.29, 1.82) is 0 Å². The number of nitrogens with zero attached hydrogens (tertiary/aromatic N) is 2. The lowest BCUT2D eigenvalue weighted by Crippen LogP contribution is -2.26. The third-order valence-electron chi connectivity index (χ3n) is 2.17. The average Bonchev–Trinajstić information content (AvgIpc) is 2.89. The first-order chi connectivity index (χ1) is 8.00. The van der Waals surface area contributed by atoms with E-state index in [1.807, 2.05) is 6.07 Å². The second-order valence-corrected chi connectivity index (χ2v) is 7.20. The minimum Gasteiger partial charge on any atom is -0.335 e. The van der Waals surface area contributed by atoms with Gasteiger partial charge in [-0.25, -0.2) is 13.4 Å². The van der Waals surface area contributed by atoms with E-state index in [1.54, 1.807) is 6.07 Å². The van der Waals surface area contributed by atoms with E-state index in [-0.39, 0.29) is 5.03 Å². The third-order valence-corrected chi connectivity index (χ3v) is 5.11. The molecule has 0 aliphatic heterocycles. The molecule has 0 fully saturated rings. The molecule has 0 bridgehead atoms. The SMILES string of the molecule is CN(Cc1ccc(Cl)s1)S(=O)(=O)c1cnc[nH]1. The number of thiophene rings is 1. The first-order valence-corrected chi connectivity index (χ1v) is 7.32. The minimum absolute atomic E-state index is 0.0858. The van der Waals surface area contributed by atoms with E-state index in [0.717, 1.165) is 4.88 Å². The van der Waals surface area contributed by atoms with Gasteiger partial charge >= 0.3 is 0 Å². The fourth-order valence-corrected chi connectivity index (χ4v) is 3.56. The van der Waals surface area contributed by atoms with Crippen LogP contribution in [0.3, 0.4) is 0 Å². The second kappa shape index (κ2) is 4.77. The van der Waals surface area contributed by atoms with Gasteiger partial charge in [0.25, 0.3) is 10.0 Å². The van der Waals surface area contributed by atoms with Crippen LogP contribution in [0.4, 0.5) is 0 Å². The fraction of sp³-hybridized carbons (Fsp3) is 0.222. The lowest BCUT2D eigenvalue weighted by molar-refractivity contribution is 0.467. The molecule has 0 saturated heterocycles. The topological polar surface area (TPSA) is 66.1 Å². The van der Waals surface area contributed by atoms with Gasteiger partial charge < -0.3 is 4.98 Å². The summed E-state index contributed by atoms with van der Waals surface area (Å²) in [7, 11) is -1.99. The molecule has 2 heterocycles. The van der Waals surface area contributed by atoms with Crippen LogP contribution in [0, 0.1) is 0 Å². The Morgan fingerprint density at radius 3 is 2.82 bits per heavy atom. The Balaban J connectivity index is 2.18. The summed E-state index contributed by atoms with van der Waals surface area (Å²) in [5, 5.41) is 0.0858. The summed E-state index contributed by atoms with van der Waals surface area (Å²) in [6.45, 7) is 0.290.